The van der Waals surface area contributed by atoms with Crippen LogP contribution in [0.25, 0.3) is 0 Å². The monoisotopic (exact) mass is 333 g/mol. The Labute approximate surface area is 119 Å². The van der Waals surface area contributed by atoms with Gasteiger partial charge in [0.2, 0.25) is 5.67 Å². The third-order valence-corrected chi connectivity index (χ3v) is 2.68. The molecule has 0 aliphatic rings. The standard InChI is InChI=1S/C11H10F7N3O/c1-5(2)9(13,10(14,15)11(16,17)18)4-22-8-20-3-6(12)7(19)21-8/h3H,1,4H2,2H3,(H2,19,20,21). The van der Waals surface area contributed by atoms with E-state index in [0.717, 1.165) is 0 Å². The predicted octanol–water partition coefficient (Wildman–Crippen LogP) is 3.06. The van der Waals surface area contributed by atoms with Crippen LogP contribution in [-0.4, -0.2) is 34.3 Å². The summed E-state index contributed by atoms with van der Waals surface area (Å²) >= 11 is 0. The van der Waals surface area contributed by atoms with Crippen molar-refractivity contribution in [3.05, 3.63) is 24.2 Å². The largest absolute Gasteiger partial charge is 0.459 e. The molecule has 0 saturated heterocycles. The summed E-state index contributed by atoms with van der Waals surface area (Å²) < 4.78 is 95.0. The van der Waals surface area contributed by atoms with E-state index in [1.165, 1.54) is 0 Å². The van der Waals surface area contributed by atoms with Crippen molar-refractivity contribution in [3.63, 3.8) is 0 Å². The van der Waals surface area contributed by atoms with Gasteiger partial charge in [-0.05, 0) is 12.5 Å². The van der Waals surface area contributed by atoms with Crippen molar-refractivity contribution in [2.45, 2.75) is 24.7 Å². The van der Waals surface area contributed by atoms with Gasteiger partial charge < -0.3 is 10.5 Å². The molecular weight excluding hydrogens is 323 g/mol. The summed E-state index contributed by atoms with van der Waals surface area (Å²) in [6.45, 7) is 1.64. The molecular formula is C11H10F7N3O. The molecule has 0 amide bonds. The summed E-state index contributed by atoms with van der Waals surface area (Å²) in [5.74, 6) is -7.58. The number of nitrogens with two attached hydrogens (primary N) is 1. The van der Waals surface area contributed by atoms with Crippen molar-refractivity contribution in [1.82, 2.24) is 9.97 Å². The number of alkyl halides is 6. The van der Waals surface area contributed by atoms with Crippen molar-refractivity contribution in [2.75, 3.05) is 12.3 Å². The van der Waals surface area contributed by atoms with E-state index >= 15 is 0 Å². The van der Waals surface area contributed by atoms with Crippen LogP contribution in [0.2, 0.25) is 0 Å². The number of rotatable bonds is 5. The van der Waals surface area contributed by atoms with Gasteiger partial charge in [-0.1, -0.05) is 6.58 Å². The van der Waals surface area contributed by atoms with Crippen LogP contribution in [-0.2, 0) is 0 Å². The zero-order chi connectivity index (χ0) is 17.3. The van der Waals surface area contributed by atoms with Gasteiger partial charge >= 0.3 is 18.1 Å². The first-order chi connectivity index (χ1) is 9.83. The highest BCUT2D eigenvalue weighted by atomic mass is 19.4. The van der Waals surface area contributed by atoms with Gasteiger partial charge in [0, 0.05) is 0 Å². The molecule has 1 aromatic heterocycles. The normalized spacial score (nSPS) is 15.3. The molecule has 0 aliphatic carbocycles. The molecule has 0 bridgehead atoms. The maximum atomic E-state index is 14.2. The molecule has 1 heterocycles. The number of nitrogen functional groups attached to an aromatic ring is 1. The van der Waals surface area contributed by atoms with E-state index in [4.69, 9.17) is 5.73 Å². The topological polar surface area (TPSA) is 61.0 Å². The van der Waals surface area contributed by atoms with E-state index in [2.05, 4.69) is 21.3 Å². The summed E-state index contributed by atoms with van der Waals surface area (Å²) in [6, 6.07) is -0.861. The van der Waals surface area contributed by atoms with E-state index in [9.17, 15) is 30.7 Å². The molecule has 4 nitrogen and oxygen atoms in total. The Hall–Kier alpha value is -2.07. The van der Waals surface area contributed by atoms with Gasteiger partial charge in [-0.3, -0.25) is 0 Å². The zero-order valence-electron chi connectivity index (χ0n) is 11.0. The van der Waals surface area contributed by atoms with Crippen molar-refractivity contribution >= 4 is 5.82 Å². The highest BCUT2D eigenvalue weighted by Gasteiger charge is 2.72. The predicted molar refractivity (Wildman–Crippen MR) is 61.6 cm³/mol. The molecule has 1 rings (SSSR count). The van der Waals surface area contributed by atoms with Gasteiger partial charge in [0.25, 0.3) is 0 Å². The average molecular weight is 333 g/mol. The molecule has 22 heavy (non-hydrogen) atoms. The lowest BCUT2D eigenvalue weighted by atomic mass is 9.91. The first-order valence-corrected chi connectivity index (χ1v) is 5.53. The molecule has 0 spiro atoms. The van der Waals surface area contributed by atoms with E-state index in [1.807, 2.05) is 0 Å². The fourth-order valence-corrected chi connectivity index (χ4v) is 1.30. The highest BCUT2D eigenvalue weighted by Crippen LogP contribution is 2.48. The lowest BCUT2D eigenvalue weighted by Crippen LogP contribution is -2.58. The Morgan fingerprint density at radius 2 is 1.82 bits per heavy atom. The molecule has 2 N–H and O–H groups in total. The van der Waals surface area contributed by atoms with Crippen LogP contribution in [0.5, 0.6) is 6.01 Å². The number of ether oxygens (including phenoxy) is 1. The lowest BCUT2D eigenvalue weighted by Gasteiger charge is -2.34. The third kappa shape index (κ3) is 3.07. The SMILES string of the molecule is C=C(C)C(F)(COc1ncc(F)c(N)n1)C(F)(F)C(F)(F)F. The summed E-state index contributed by atoms with van der Waals surface area (Å²) in [6.07, 6.45) is -5.69. The second-order valence-electron chi connectivity index (χ2n) is 4.33. The van der Waals surface area contributed by atoms with Gasteiger partial charge in [0.1, 0.15) is 6.61 Å². The Kier molecular flexibility index (Phi) is 4.59. The van der Waals surface area contributed by atoms with Gasteiger partial charge in [-0.2, -0.15) is 26.9 Å². The van der Waals surface area contributed by atoms with Crippen LogP contribution >= 0.6 is 0 Å². The smallest absolute Gasteiger partial charge is 0.457 e. The van der Waals surface area contributed by atoms with E-state index in [0.29, 0.717) is 13.1 Å². The Morgan fingerprint density at radius 1 is 1.27 bits per heavy atom. The van der Waals surface area contributed by atoms with Crippen LogP contribution in [0.4, 0.5) is 36.6 Å². The number of hydrogen-bond donors (Lipinski definition) is 1. The molecule has 0 aromatic carbocycles. The Balaban J connectivity index is 3.07. The fourth-order valence-electron chi connectivity index (χ4n) is 1.30. The lowest BCUT2D eigenvalue weighted by molar-refractivity contribution is -0.323. The number of anilines is 1. The van der Waals surface area contributed by atoms with Crippen LogP contribution in [0.1, 0.15) is 6.92 Å². The Bertz CT molecular complexity index is 575. The Morgan fingerprint density at radius 3 is 2.23 bits per heavy atom. The van der Waals surface area contributed by atoms with Crippen LogP contribution in [0.3, 0.4) is 0 Å². The third-order valence-electron chi connectivity index (χ3n) is 2.68. The average Bonchev–Trinajstić information content (AvgIpc) is 2.38. The van der Waals surface area contributed by atoms with Crippen molar-refractivity contribution in [1.29, 1.82) is 0 Å². The first kappa shape index (κ1) is 18.0. The second kappa shape index (κ2) is 5.61. The minimum Gasteiger partial charge on any atom is -0.459 e. The molecule has 1 atom stereocenters. The summed E-state index contributed by atoms with van der Waals surface area (Å²) in [5.41, 5.74) is -0.357. The first-order valence-electron chi connectivity index (χ1n) is 5.53. The second-order valence-corrected chi connectivity index (χ2v) is 4.33. The molecule has 124 valence electrons. The van der Waals surface area contributed by atoms with Crippen molar-refractivity contribution in [3.8, 4) is 6.01 Å². The molecule has 0 aliphatic heterocycles. The highest BCUT2D eigenvalue weighted by molar-refractivity contribution is 5.29. The molecule has 1 unspecified atom stereocenters. The minimum absolute atomic E-state index is 0.486. The molecule has 0 radical (unpaired) electrons. The fraction of sp³-hybridized carbons (Fsp3) is 0.455. The zero-order valence-corrected chi connectivity index (χ0v) is 11.0. The van der Waals surface area contributed by atoms with Crippen molar-refractivity contribution < 1.29 is 35.5 Å². The van der Waals surface area contributed by atoms with Gasteiger partial charge in [0.05, 0.1) is 6.20 Å². The number of nitrogens with zero attached hydrogens (tertiary/aromatic N) is 2. The number of hydrogen-bond acceptors (Lipinski definition) is 4. The van der Waals surface area contributed by atoms with Crippen LogP contribution < -0.4 is 10.5 Å². The summed E-state index contributed by atoms with van der Waals surface area (Å²) in [7, 11) is 0. The van der Waals surface area contributed by atoms with Gasteiger partial charge in [-0.25, -0.2) is 13.8 Å². The number of aromatic nitrogens is 2. The summed E-state index contributed by atoms with van der Waals surface area (Å²) in [5, 5.41) is 0. The maximum absolute atomic E-state index is 14.2. The molecule has 0 fully saturated rings. The van der Waals surface area contributed by atoms with E-state index < -0.39 is 47.6 Å². The van der Waals surface area contributed by atoms with Crippen molar-refractivity contribution in [2.24, 2.45) is 0 Å². The van der Waals surface area contributed by atoms with Gasteiger partial charge in [-0.15, -0.1) is 0 Å². The van der Waals surface area contributed by atoms with Crippen LogP contribution in [0.15, 0.2) is 18.3 Å². The minimum atomic E-state index is -6.17. The molecule has 0 saturated carbocycles. The maximum Gasteiger partial charge on any atom is 0.457 e. The molecule has 1 aromatic rings. The van der Waals surface area contributed by atoms with Gasteiger partial charge in [0.15, 0.2) is 11.6 Å². The van der Waals surface area contributed by atoms with E-state index in [1.54, 1.807) is 0 Å². The van der Waals surface area contributed by atoms with Crippen LogP contribution in [0, 0.1) is 5.82 Å². The quantitative estimate of drug-likeness (QED) is 0.665. The summed E-state index contributed by atoms with van der Waals surface area (Å²) in [4.78, 5) is 6.26. The number of halogens is 7. The van der Waals surface area contributed by atoms with E-state index in [-0.39, 0.29) is 0 Å². The molecule has 11 heteroatoms.